The van der Waals surface area contributed by atoms with Crippen molar-refractivity contribution in [2.75, 3.05) is 23.3 Å². The molecule has 0 radical (unpaired) electrons. The van der Waals surface area contributed by atoms with Gasteiger partial charge in [-0.3, -0.25) is 4.79 Å². The number of hydrogen-bond donors (Lipinski definition) is 1. The summed E-state index contributed by atoms with van der Waals surface area (Å²) >= 11 is 0. The minimum Gasteiger partial charge on any atom is -0.370 e. The molecule has 0 saturated heterocycles. The topological polar surface area (TPSA) is 58.1 Å². The lowest BCUT2D eigenvalue weighted by atomic mass is 10.2. The van der Waals surface area contributed by atoms with Gasteiger partial charge in [0, 0.05) is 24.8 Å². The normalized spacial score (nSPS) is 10.4. The van der Waals surface area contributed by atoms with Crippen LogP contribution in [0.1, 0.15) is 42.1 Å². The minimum absolute atomic E-state index is 0.108. The van der Waals surface area contributed by atoms with Crippen molar-refractivity contribution in [1.82, 2.24) is 9.97 Å². The van der Waals surface area contributed by atoms with E-state index >= 15 is 0 Å². The maximum absolute atomic E-state index is 12.9. The van der Waals surface area contributed by atoms with Crippen LogP contribution in [0.3, 0.4) is 0 Å². The number of rotatable bonds is 6. The second-order valence-corrected chi connectivity index (χ2v) is 5.50. The van der Waals surface area contributed by atoms with Crippen LogP contribution < -0.4 is 10.2 Å². The maximum atomic E-state index is 12.9. The Labute approximate surface area is 137 Å². The maximum Gasteiger partial charge on any atom is 0.277 e. The van der Waals surface area contributed by atoms with Crippen molar-refractivity contribution >= 4 is 17.4 Å². The molecule has 0 saturated carbocycles. The number of aromatic nitrogens is 2. The van der Waals surface area contributed by atoms with Gasteiger partial charge in [0.15, 0.2) is 0 Å². The molecule has 23 heavy (non-hydrogen) atoms. The molecular formula is C18H24N4O. The van der Waals surface area contributed by atoms with Gasteiger partial charge < -0.3 is 10.2 Å². The number of hydrogen-bond acceptors (Lipinski definition) is 4. The lowest BCUT2D eigenvalue weighted by molar-refractivity contribution is 0.0983. The third kappa shape index (κ3) is 4.28. The number of amides is 1. The van der Waals surface area contributed by atoms with Crippen LogP contribution in [-0.2, 0) is 0 Å². The van der Waals surface area contributed by atoms with Crippen molar-refractivity contribution in [2.45, 2.75) is 34.1 Å². The van der Waals surface area contributed by atoms with Gasteiger partial charge in [0.25, 0.3) is 5.91 Å². The molecule has 0 spiro atoms. The first-order valence-electron chi connectivity index (χ1n) is 8.03. The van der Waals surface area contributed by atoms with Crippen molar-refractivity contribution < 1.29 is 4.79 Å². The molecule has 5 nitrogen and oxygen atoms in total. The predicted molar refractivity (Wildman–Crippen MR) is 94.1 cm³/mol. The summed E-state index contributed by atoms with van der Waals surface area (Å²) < 4.78 is 0. The van der Waals surface area contributed by atoms with Crippen molar-refractivity contribution in [3.8, 4) is 0 Å². The summed E-state index contributed by atoms with van der Waals surface area (Å²) in [6.07, 6.45) is 0.997. The lowest BCUT2D eigenvalue weighted by Gasteiger charge is -2.21. The summed E-state index contributed by atoms with van der Waals surface area (Å²) in [5.74, 6) is 1.18. The van der Waals surface area contributed by atoms with E-state index in [0.717, 1.165) is 24.2 Å². The number of benzene rings is 1. The van der Waals surface area contributed by atoms with Gasteiger partial charge >= 0.3 is 0 Å². The number of carbonyl (C=O) groups excluding carboxylic acids is 1. The fourth-order valence-corrected chi connectivity index (χ4v) is 2.40. The summed E-state index contributed by atoms with van der Waals surface area (Å²) in [5, 5.41) is 3.21. The zero-order valence-corrected chi connectivity index (χ0v) is 14.3. The van der Waals surface area contributed by atoms with Crippen LogP contribution in [0.25, 0.3) is 0 Å². The molecule has 0 unspecified atom stereocenters. The van der Waals surface area contributed by atoms with E-state index in [2.05, 4.69) is 22.2 Å². The highest BCUT2D eigenvalue weighted by molar-refractivity contribution is 6.05. The monoisotopic (exact) mass is 312 g/mol. The van der Waals surface area contributed by atoms with Crippen LogP contribution in [-0.4, -0.2) is 29.0 Å². The molecule has 0 aliphatic heterocycles. The van der Waals surface area contributed by atoms with E-state index in [1.54, 1.807) is 17.9 Å². The first-order valence-corrected chi connectivity index (χ1v) is 8.03. The highest BCUT2D eigenvalue weighted by Crippen LogP contribution is 2.19. The van der Waals surface area contributed by atoms with E-state index in [-0.39, 0.29) is 5.91 Å². The van der Waals surface area contributed by atoms with Crippen molar-refractivity contribution in [2.24, 2.45) is 0 Å². The summed E-state index contributed by atoms with van der Waals surface area (Å²) in [5.41, 5.74) is 2.43. The van der Waals surface area contributed by atoms with E-state index in [9.17, 15) is 4.79 Å². The van der Waals surface area contributed by atoms with Gasteiger partial charge in [0.2, 0.25) is 0 Å². The van der Waals surface area contributed by atoms with Crippen LogP contribution >= 0.6 is 0 Å². The SMILES string of the molecule is CCCNc1cc(C(=O)N(CC)c2cccc(C)c2)nc(C)n1. The molecule has 2 aromatic rings. The second-order valence-electron chi connectivity index (χ2n) is 5.50. The van der Waals surface area contributed by atoms with Gasteiger partial charge in [-0.15, -0.1) is 0 Å². The molecule has 1 aromatic heterocycles. The lowest BCUT2D eigenvalue weighted by Crippen LogP contribution is -2.31. The van der Waals surface area contributed by atoms with Gasteiger partial charge in [-0.25, -0.2) is 9.97 Å². The molecule has 5 heteroatoms. The summed E-state index contributed by atoms with van der Waals surface area (Å²) in [4.78, 5) is 23.3. The van der Waals surface area contributed by atoms with Crippen molar-refractivity contribution in [3.63, 3.8) is 0 Å². The smallest absolute Gasteiger partial charge is 0.277 e. The summed E-state index contributed by atoms with van der Waals surface area (Å²) in [6.45, 7) is 9.27. The third-order valence-corrected chi connectivity index (χ3v) is 3.49. The van der Waals surface area contributed by atoms with Gasteiger partial charge in [0.1, 0.15) is 17.3 Å². The molecule has 1 aromatic carbocycles. The van der Waals surface area contributed by atoms with E-state index < -0.39 is 0 Å². The Morgan fingerprint density at radius 1 is 1.17 bits per heavy atom. The van der Waals surface area contributed by atoms with Gasteiger partial charge in [0.05, 0.1) is 0 Å². The number of nitrogens with one attached hydrogen (secondary N) is 1. The van der Waals surface area contributed by atoms with Crippen LogP contribution in [0.5, 0.6) is 0 Å². The fraction of sp³-hybridized carbons (Fsp3) is 0.389. The van der Waals surface area contributed by atoms with E-state index in [0.29, 0.717) is 23.9 Å². The highest BCUT2D eigenvalue weighted by atomic mass is 16.2. The number of anilines is 2. The molecule has 1 heterocycles. The van der Waals surface area contributed by atoms with Crippen molar-refractivity contribution in [3.05, 3.63) is 47.4 Å². The second kappa shape index (κ2) is 7.72. The molecular weight excluding hydrogens is 288 g/mol. The Kier molecular flexibility index (Phi) is 5.68. The van der Waals surface area contributed by atoms with Crippen LogP contribution in [0.15, 0.2) is 30.3 Å². The Morgan fingerprint density at radius 2 is 1.96 bits per heavy atom. The van der Waals surface area contributed by atoms with Crippen LogP contribution in [0, 0.1) is 13.8 Å². The number of carbonyl (C=O) groups is 1. The fourth-order valence-electron chi connectivity index (χ4n) is 2.40. The number of aryl methyl sites for hydroxylation is 2. The molecule has 2 rings (SSSR count). The zero-order valence-electron chi connectivity index (χ0n) is 14.3. The Morgan fingerprint density at radius 3 is 2.61 bits per heavy atom. The molecule has 0 aliphatic carbocycles. The van der Waals surface area contributed by atoms with Gasteiger partial charge in [-0.05, 0) is 44.9 Å². The van der Waals surface area contributed by atoms with E-state index in [4.69, 9.17) is 0 Å². The van der Waals surface area contributed by atoms with Crippen LogP contribution in [0.4, 0.5) is 11.5 Å². The van der Waals surface area contributed by atoms with Gasteiger partial charge in [-0.2, -0.15) is 0 Å². The van der Waals surface area contributed by atoms with Crippen molar-refractivity contribution in [1.29, 1.82) is 0 Å². The molecule has 1 N–H and O–H groups in total. The first-order chi connectivity index (χ1) is 11.0. The van der Waals surface area contributed by atoms with Crippen LogP contribution in [0.2, 0.25) is 0 Å². The predicted octanol–water partition coefficient (Wildman–Crippen LogP) is 3.58. The zero-order chi connectivity index (χ0) is 16.8. The standard InChI is InChI=1S/C18H24N4O/c1-5-10-19-17-12-16(20-14(4)21-17)18(23)22(6-2)15-9-7-8-13(3)11-15/h7-9,11-12H,5-6,10H2,1-4H3,(H,19,20,21). The Bertz CT molecular complexity index is 684. The molecule has 1 amide bonds. The quantitative estimate of drug-likeness (QED) is 0.885. The van der Waals surface area contributed by atoms with E-state index in [1.165, 1.54) is 0 Å². The minimum atomic E-state index is -0.108. The first kappa shape index (κ1) is 16.9. The molecule has 0 bridgehead atoms. The average molecular weight is 312 g/mol. The Hall–Kier alpha value is -2.43. The molecule has 0 fully saturated rings. The summed E-state index contributed by atoms with van der Waals surface area (Å²) in [7, 11) is 0. The third-order valence-electron chi connectivity index (χ3n) is 3.49. The van der Waals surface area contributed by atoms with Gasteiger partial charge in [-0.1, -0.05) is 19.1 Å². The highest BCUT2D eigenvalue weighted by Gasteiger charge is 2.19. The molecule has 0 aliphatic rings. The largest absolute Gasteiger partial charge is 0.370 e. The molecule has 0 atom stereocenters. The number of nitrogens with zero attached hydrogens (tertiary/aromatic N) is 3. The van der Waals surface area contributed by atoms with E-state index in [1.807, 2.05) is 38.1 Å². The summed E-state index contributed by atoms with van der Waals surface area (Å²) in [6, 6.07) is 9.65. The Balaban J connectivity index is 2.32. The molecule has 122 valence electrons. The average Bonchev–Trinajstić information content (AvgIpc) is 2.53.